The summed E-state index contributed by atoms with van der Waals surface area (Å²) in [6.07, 6.45) is 3.90. The molecule has 0 aliphatic rings. The fraction of sp³-hybridized carbons (Fsp3) is 0.214. The molecular weight excluding hydrogens is 538 g/mol. The topological polar surface area (TPSA) is 123 Å². The van der Waals surface area contributed by atoms with Crippen LogP contribution in [0.25, 0.3) is 0 Å². The number of aliphatic hydroxyl groups is 1. The maximum atomic E-state index is 12.6. The maximum absolute atomic E-state index is 12.6. The Bertz CT molecular complexity index is 1200. The molecule has 0 radical (unpaired) electrons. The normalized spacial score (nSPS) is 11.6. The van der Waals surface area contributed by atoms with Crippen molar-refractivity contribution in [1.82, 2.24) is 0 Å². The Labute approximate surface area is 224 Å². The summed E-state index contributed by atoms with van der Waals surface area (Å²) < 4.78 is 12.2. The van der Waals surface area contributed by atoms with Crippen molar-refractivity contribution in [2.24, 2.45) is 0 Å². The maximum Gasteiger partial charge on any atom is 0.412 e. The minimum absolute atomic E-state index is 0.101. The second-order valence-corrected chi connectivity index (χ2v) is 9.00. The number of benzene rings is 3. The van der Waals surface area contributed by atoms with E-state index in [1.54, 1.807) is 54.6 Å². The van der Waals surface area contributed by atoms with Gasteiger partial charge in [-0.2, -0.15) is 0 Å². The Balaban J connectivity index is 1.60. The van der Waals surface area contributed by atoms with Crippen molar-refractivity contribution in [1.29, 1.82) is 0 Å². The number of nitrogen functional groups attached to an aromatic ring is 1. The molecule has 37 heavy (non-hydrogen) atoms. The number of carbonyl (C=O) groups excluding carboxylic acids is 2. The molecule has 0 saturated carbocycles. The van der Waals surface area contributed by atoms with Gasteiger partial charge < -0.3 is 25.6 Å². The third-order valence-electron chi connectivity index (χ3n) is 5.25. The zero-order valence-corrected chi connectivity index (χ0v) is 21.8. The van der Waals surface area contributed by atoms with Gasteiger partial charge in [0.25, 0.3) is 0 Å². The molecular formula is C28H30BrN3O5. The molecule has 3 aromatic rings. The van der Waals surface area contributed by atoms with Crippen molar-refractivity contribution in [2.45, 2.75) is 25.4 Å². The van der Waals surface area contributed by atoms with Crippen LogP contribution in [-0.2, 0) is 9.53 Å². The van der Waals surface area contributed by atoms with E-state index < -0.39 is 12.2 Å². The first kappa shape index (κ1) is 27.8. The Morgan fingerprint density at radius 1 is 1.03 bits per heavy atom. The third-order valence-corrected chi connectivity index (χ3v) is 5.78. The van der Waals surface area contributed by atoms with Crippen LogP contribution in [0, 0.1) is 0 Å². The van der Waals surface area contributed by atoms with Crippen LogP contribution in [0.3, 0.4) is 0 Å². The zero-order valence-electron chi connectivity index (χ0n) is 20.2. The SMILES string of the molecule is Nc1ccccc1NC(=O)/C=C/CCC[C@@H](OC(=O)Nc1ccc(Br)cc1)c1cccc(OCCO)c1. The molecule has 8 nitrogen and oxygen atoms in total. The fourth-order valence-corrected chi connectivity index (χ4v) is 3.73. The largest absolute Gasteiger partial charge is 0.491 e. The monoisotopic (exact) mass is 567 g/mol. The fourth-order valence-electron chi connectivity index (χ4n) is 3.47. The number of hydrogen-bond acceptors (Lipinski definition) is 6. The number of halogens is 1. The average molecular weight is 568 g/mol. The molecule has 0 bridgehead atoms. The summed E-state index contributed by atoms with van der Waals surface area (Å²) in [7, 11) is 0. The lowest BCUT2D eigenvalue weighted by atomic mass is 10.0. The molecule has 1 atom stereocenters. The Kier molecular flexibility index (Phi) is 11.0. The first-order chi connectivity index (χ1) is 17.9. The summed E-state index contributed by atoms with van der Waals surface area (Å²) >= 11 is 3.37. The molecule has 5 N–H and O–H groups in total. The van der Waals surface area contributed by atoms with E-state index in [-0.39, 0.29) is 19.1 Å². The first-order valence-corrected chi connectivity index (χ1v) is 12.6. The summed E-state index contributed by atoms with van der Waals surface area (Å²) in [5, 5.41) is 14.5. The smallest absolute Gasteiger partial charge is 0.412 e. The summed E-state index contributed by atoms with van der Waals surface area (Å²) in [6, 6.07) is 21.5. The lowest BCUT2D eigenvalue weighted by Crippen LogP contribution is -2.18. The van der Waals surface area contributed by atoms with E-state index in [4.69, 9.17) is 20.3 Å². The number of anilines is 3. The van der Waals surface area contributed by atoms with Crippen LogP contribution in [0.15, 0.2) is 89.4 Å². The van der Waals surface area contributed by atoms with Crippen molar-refractivity contribution in [2.75, 3.05) is 29.6 Å². The van der Waals surface area contributed by atoms with Gasteiger partial charge in [0.05, 0.1) is 18.0 Å². The average Bonchev–Trinajstić information content (AvgIpc) is 2.89. The number of rotatable bonds is 12. The van der Waals surface area contributed by atoms with Gasteiger partial charge in [-0.3, -0.25) is 10.1 Å². The number of unbranched alkanes of at least 4 members (excludes halogenated alkanes) is 1. The molecule has 0 aliphatic heterocycles. The van der Waals surface area contributed by atoms with Crippen LogP contribution in [0.2, 0.25) is 0 Å². The van der Waals surface area contributed by atoms with E-state index in [9.17, 15) is 9.59 Å². The highest BCUT2D eigenvalue weighted by atomic mass is 79.9. The quantitative estimate of drug-likeness (QED) is 0.120. The number of hydrogen-bond donors (Lipinski definition) is 4. The highest BCUT2D eigenvalue weighted by molar-refractivity contribution is 9.10. The molecule has 2 amide bonds. The molecule has 0 aliphatic carbocycles. The summed E-state index contributed by atoms with van der Waals surface area (Å²) in [4.78, 5) is 24.8. The van der Waals surface area contributed by atoms with E-state index in [0.717, 1.165) is 10.0 Å². The number of amides is 2. The van der Waals surface area contributed by atoms with E-state index >= 15 is 0 Å². The second kappa shape index (κ2) is 14.7. The van der Waals surface area contributed by atoms with Crippen LogP contribution < -0.4 is 21.1 Å². The highest BCUT2D eigenvalue weighted by Crippen LogP contribution is 2.28. The van der Waals surface area contributed by atoms with E-state index in [1.807, 2.05) is 24.3 Å². The minimum Gasteiger partial charge on any atom is -0.491 e. The molecule has 3 aromatic carbocycles. The Morgan fingerprint density at radius 3 is 2.57 bits per heavy atom. The van der Waals surface area contributed by atoms with Gasteiger partial charge in [0.2, 0.25) is 5.91 Å². The van der Waals surface area contributed by atoms with Gasteiger partial charge in [-0.25, -0.2) is 4.79 Å². The van der Waals surface area contributed by atoms with Crippen LogP contribution in [0.1, 0.15) is 30.9 Å². The molecule has 0 saturated heterocycles. The molecule has 194 valence electrons. The summed E-state index contributed by atoms with van der Waals surface area (Å²) in [6.45, 7) is 0.0665. The number of carbonyl (C=O) groups is 2. The highest BCUT2D eigenvalue weighted by Gasteiger charge is 2.18. The minimum atomic E-state index is -0.579. The molecule has 9 heteroatoms. The van der Waals surface area contributed by atoms with Gasteiger partial charge in [-0.15, -0.1) is 0 Å². The number of aliphatic hydroxyl groups excluding tert-OH is 1. The first-order valence-electron chi connectivity index (χ1n) is 11.8. The van der Waals surface area contributed by atoms with Gasteiger partial charge >= 0.3 is 6.09 Å². The third kappa shape index (κ3) is 9.63. The van der Waals surface area contributed by atoms with Crippen molar-refractivity contribution < 1.29 is 24.2 Å². The van der Waals surface area contributed by atoms with E-state index in [0.29, 0.717) is 42.1 Å². The zero-order chi connectivity index (χ0) is 26.5. The Morgan fingerprint density at radius 2 is 1.81 bits per heavy atom. The van der Waals surface area contributed by atoms with Crippen molar-refractivity contribution >= 4 is 45.0 Å². The van der Waals surface area contributed by atoms with Crippen LogP contribution in [-0.4, -0.2) is 30.3 Å². The van der Waals surface area contributed by atoms with E-state index in [2.05, 4.69) is 26.6 Å². The molecule has 3 rings (SSSR count). The summed E-state index contributed by atoms with van der Waals surface area (Å²) in [5.41, 5.74) is 8.29. The lowest BCUT2D eigenvalue weighted by molar-refractivity contribution is -0.111. The number of para-hydroxylation sites is 2. The molecule has 0 unspecified atom stereocenters. The van der Waals surface area contributed by atoms with Crippen molar-refractivity contribution in [3.63, 3.8) is 0 Å². The van der Waals surface area contributed by atoms with Gasteiger partial charge in [0.1, 0.15) is 18.5 Å². The van der Waals surface area contributed by atoms with Crippen LogP contribution in [0.4, 0.5) is 21.9 Å². The molecule has 0 aromatic heterocycles. The number of ether oxygens (including phenoxy) is 2. The number of nitrogens with one attached hydrogen (secondary N) is 2. The summed E-state index contributed by atoms with van der Waals surface area (Å²) in [5.74, 6) is 0.304. The van der Waals surface area contributed by atoms with Crippen LogP contribution >= 0.6 is 15.9 Å². The van der Waals surface area contributed by atoms with Gasteiger partial charge in [0, 0.05) is 10.2 Å². The van der Waals surface area contributed by atoms with Gasteiger partial charge in [0.15, 0.2) is 0 Å². The standard InChI is InChI=1S/C28H30BrN3O5/c29-21-13-15-22(16-14-21)31-28(35)37-26(20-7-6-8-23(19-20)36-18-17-33)11-2-1-3-12-27(34)32-25-10-5-4-9-24(25)30/h3-10,12-16,19,26,33H,1-2,11,17-18,30H2,(H,31,35)(H,32,34)/b12-3+/t26-/m1/s1. The molecule has 0 spiro atoms. The number of nitrogens with two attached hydrogens (primary N) is 1. The number of allylic oxidation sites excluding steroid dienone is 1. The predicted molar refractivity (Wildman–Crippen MR) is 148 cm³/mol. The van der Waals surface area contributed by atoms with Crippen molar-refractivity contribution in [3.05, 3.63) is 95.0 Å². The predicted octanol–water partition coefficient (Wildman–Crippen LogP) is 6.06. The van der Waals surface area contributed by atoms with E-state index in [1.165, 1.54) is 6.08 Å². The second-order valence-electron chi connectivity index (χ2n) is 8.08. The lowest BCUT2D eigenvalue weighted by Gasteiger charge is -2.19. The molecule has 0 fully saturated rings. The molecule has 0 heterocycles. The Hall–Kier alpha value is -3.82. The van der Waals surface area contributed by atoms with Gasteiger partial charge in [-0.1, -0.05) is 46.3 Å². The van der Waals surface area contributed by atoms with Crippen LogP contribution in [0.5, 0.6) is 5.75 Å². The van der Waals surface area contributed by atoms with Crippen molar-refractivity contribution in [3.8, 4) is 5.75 Å². The van der Waals surface area contributed by atoms with Gasteiger partial charge in [-0.05, 0) is 79.4 Å².